The van der Waals surface area contributed by atoms with E-state index in [0.29, 0.717) is 0 Å². The van der Waals surface area contributed by atoms with E-state index in [1.807, 2.05) is 44.3 Å². The van der Waals surface area contributed by atoms with Crippen LogP contribution in [0.3, 0.4) is 0 Å². The molecule has 1 aliphatic heterocycles. The molecule has 0 atom stereocenters. The topological polar surface area (TPSA) is 48.8 Å². The Morgan fingerprint density at radius 3 is 1.80 bits per heavy atom. The first kappa shape index (κ1) is 34.4. The third-order valence-corrected chi connectivity index (χ3v) is 6.30. The molecule has 0 saturated carbocycles. The van der Waals surface area contributed by atoms with Gasteiger partial charge in [-0.1, -0.05) is 114 Å². The van der Waals surface area contributed by atoms with Crippen LogP contribution in [0.4, 0.5) is 5.69 Å². The van der Waals surface area contributed by atoms with Gasteiger partial charge < -0.3 is 10.6 Å². The van der Waals surface area contributed by atoms with Crippen LogP contribution < -0.4 is 10.6 Å². The maximum atomic E-state index is 4.49. The lowest BCUT2D eigenvalue weighted by Crippen LogP contribution is -2.24. The minimum atomic E-state index is 0.117. The Bertz CT molecular complexity index is 1230. The molecule has 0 amide bonds. The summed E-state index contributed by atoms with van der Waals surface area (Å²) in [7, 11) is 1.84. The normalized spacial score (nSPS) is 13.6. The van der Waals surface area contributed by atoms with Gasteiger partial charge in [0.25, 0.3) is 0 Å². The zero-order valence-electron chi connectivity index (χ0n) is 26.9. The fraction of sp³-hybridized carbons (Fsp3) is 0.389. The van der Waals surface area contributed by atoms with Crippen LogP contribution in [-0.4, -0.2) is 25.1 Å². The first-order chi connectivity index (χ1) is 18.5. The summed E-state index contributed by atoms with van der Waals surface area (Å²) >= 11 is 0. The molecule has 0 radical (unpaired) electrons. The molecule has 4 heteroatoms. The van der Waals surface area contributed by atoms with Gasteiger partial charge in [-0.2, -0.15) is 0 Å². The molecule has 0 fully saturated rings. The van der Waals surface area contributed by atoms with Crippen LogP contribution in [0, 0.1) is 24.7 Å². The first-order valence-corrected chi connectivity index (χ1v) is 13.9. The van der Waals surface area contributed by atoms with Crippen LogP contribution in [0.15, 0.2) is 112 Å². The second kappa shape index (κ2) is 15.8. The van der Waals surface area contributed by atoms with Crippen LogP contribution in [0.1, 0.15) is 66.5 Å². The predicted molar refractivity (Wildman–Crippen MR) is 179 cm³/mol. The summed E-state index contributed by atoms with van der Waals surface area (Å²) < 4.78 is 0. The van der Waals surface area contributed by atoms with Gasteiger partial charge >= 0.3 is 0 Å². The standard InChI is InChI=1S/C17H23N3.C12H21N.C7H8/c1-12-6-8-15(9-7-12)19-13(2)20-16-10-14(11-18-16)17(3,4)5;1-9(2)10(3)8-11(13-7)12(4,5)6;1-7-5-3-2-4-6-7/h6-10,19H,2,11H2,1,3-5H3,(H,18,20);8H,1H2,2-7H3;2-6H,1H3/b;10-8+,13-11?;. The number of aryl methyl sites for hydroxylation is 2. The summed E-state index contributed by atoms with van der Waals surface area (Å²) in [4.78, 5) is 8.77. The van der Waals surface area contributed by atoms with Gasteiger partial charge in [-0.3, -0.25) is 9.98 Å². The molecular formula is C36H52N4. The van der Waals surface area contributed by atoms with Crippen molar-refractivity contribution in [3.63, 3.8) is 0 Å². The van der Waals surface area contributed by atoms with Crippen molar-refractivity contribution in [1.29, 1.82) is 0 Å². The minimum absolute atomic E-state index is 0.117. The van der Waals surface area contributed by atoms with Gasteiger partial charge in [0.2, 0.25) is 0 Å². The van der Waals surface area contributed by atoms with Crippen molar-refractivity contribution in [2.24, 2.45) is 20.8 Å². The highest BCUT2D eigenvalue weighted by molar-refractivity contribution is 5.99. The van der Waals surface area contributed by atoms with Crippen LogP contribution in [-0.2, 0) is 0 Å². The summed E-state index contributed by atoms with van der Waals surface area (Å²) in [6.07, 6.45) is 4.23. The summed E-state index contributed by atoms with van der Waals surface area (Å²) in [5.74, 6) is 1.61. The second-order valence-electron chi connectivity index (χ2n) is 12.3. The summed E-state index contributed by atoms with van der Waals surface area (Å²) in [6.45, 7) is 30.0. The average molecular weight is 541 g/mol. The van der Waals surface area contributed by atoms with Gasteiger partial charge in [-0.25, -0.2) is 0 Å². The molecule has 216 valence electrons. The number of nitrogens with one attached hydrogen (secondary N) is 2. The smallest absolute Gasteiger partial charge is 0.126 e. The molecule has 2 aromatic rings. The number of allylic oxidation sites excluding steroid dienone is 3. The van der Waals surface area contributed by atoms with Gasteiger partial charge in [0.1, 0.15) is 11.7 Å². The number of benzene rings is 2. The largest absolute Gasteiger partial charge is 0.342 e. The fourth-order valence-electron chi connectivity index (χ4n) is 3.43. The molecule has 0 saturated heterocycles. The molecule has 0 spiro atoms. The highest BCUT2D eigenvalue weighted by atomic mass is 15.1. The summed E-state index contributed by atoms with van der Waals surface area (Å²) in [6, 6.07) is 18.5. The van der Waals surface area contributed by atoms with Gasteiger partial charge in [0.05, 0.1) is 6.54 Å². The number of nitrogens with zero attached hydrogens (tertiary/aromatic N) is 2. The van der Waals surface area contributed by atoms with Crippen molar-refractivity contribution in [2.75, 3.05) is 18.9 Å². The SMILES string of the molecule is C=C(C)/C(C)=C/C(=NC)C(C)(C)C.C=C(NC1=NCC(C(C)(C)C)=C1)Nc1ccc(C)cc1.Cc1ccccc1. The van der Waals surface area contributed by atoms with Crippen molar-refractivity contribution >= 4 is 17.2 Å². The minimum Gasteiger partial charge on any atom is -0.342 e. The van der Waals surface area contributed by atoms with Crippen LogP contribution in [0.2, 0.25) is 0 Å². The number of aliphatic imine (C=N–C) groups is 2. The van der Waals surface area contributed by atoms with E-state index in [2.05, 4.69) is 133 Å². The lowest BCUT2D eigenvalue weighted by molar-refractivity contribution is 0.499. The zero-order valence-corrected chi connectivity index (χ0v) is 26.9. The average Bonchev–Trinajstić information content (AvgIpc) is 3.33. The summed E-state index contributed by atoms with van der Waals surface area (Å²) in [5, 5.41) is 6.45. The number of hydrogen-bond acceptors (Lipinski definition) is 4. The van der Waals surface area contributed by atoms with E-state index >= 15 is 0 Å². The van der Waals surface area contributed by atoms with Crippen molar-refractivity contribution in [1.82, 2.24) is 5.32 Å². The van der Waals surface area contributed by atoms with E-state index in [1.165, 1.54) is 22.3 Å². The molecular weight excluding hydrogens is 488 g/mol. The van der Waals surface area contributed by atoms with Crippen molar-refractivity contribution in [3.8, 4) is 0 Å². The second-order valence-corrected chi connectivity index (χ2v) is 12.3. The van der Waals surface area contributed by atoms with E-state index in [1.54, 1.807) is 0 Å². The molecule has 40 heavy (non-hydrogen) atoms. The van der Waals surface area contributed by atoms with E-state index in [-0.39, 0.29) is 10.8 Å². The molecule has 4 nitrogen and oxygen atoms in total. The van der Waals surface area contributed by atoms with Gasteiger partial charge in [0.15, 0.2) is 0 Å². The van der Waals surface area contributed by atoms with Gasteiger partial charge in [-0.15, -0.1) is 0 Å². The fourth-order valence-corrected chi connectivity index (χ4v) is 3.43. The summed E-state index contributed by atoms with van der Waals surface area (Å²) in [5.41, 5.74) is 8.63. The molecule has 1 aliphatic rings. The van der Waals surface area contributed by atoms with Crippen LogP contribution in [0.5, 0.6) is 0 Å². The van der Waals surface area contributed by atoms with E-state index in [0.717, 1.165) is 35.2 Å². The molecule has 2 N–H and O–H groups in total. The highest BCUT2D eigenvalue weighted by Gasteiger charge is 2.21. The Labute approximate surface area is 244 Å². The van der Waals surface area contributed by atoms with Crippen LogP contribution >= 0.6 is 0 Å². The third kappa shape index (κ3) is 13.4. The van der Waals surface area contributed by atoms with Crippen LogP contribution in [0.25, 0.3) is 0 Å². The Morgan fingerprint density at radius 1 is 0.850 bits per heavy atom. The van der Waals surface area contributed by atoms with Crippen molar-refractivity contribution in [2.45, 2.75) is 69.2 Å². The Morgan fingerprint density at radius 2 is 1.40 bits per heavy atom. The Balaban J connectivity index is 0.000000341. The van der Waals surface area contributed by atoms with E-state index < -0.39 is 0 Å². The quantitative estimate of drug-likeness (QED) is 0.293. The Kier molecular flexibility index (Phi) is 13.6. The highest BCUT2D eigenvalue weighted by Crippen LogP contribution is 2.27. The maximum absolute atomic E-state index is 4.49. The van der Waals surface area contributed by atoms with Gasteiger partial charge in [0, 0.05) is 23.9 Å². The third-order valence-electron chi connectivity index (χ3n) is 6.30. The molecule has 0 aliphatic carbocycles. The van der Waals surface area contributed by atoms with Crippen molar-refractivity contribution < 1.29 is 0 Å². The monoisotopic (exact) mass is 540 g/mol. The Hall–Kier alpha value is -3.66. The van der Waals surface area contributed by atoms with E-state index in [4.69, 9.17) is 0 Å². The molecule has 2 aromatic carbocycles. The van der Waals surface area contributed by atoms with Crippen molar-refractivity contribution in [3.05, 3.63) is 114 Å². The lowest BCUT2D eigenvalue weighted by atomic mass is 9.87. The number of rotatable bonds is 5. The van der Waals surface area contributed by atoms with Gasteiger partial charge in [-0.05, 0) is 68.5 Å². The lowest BCUT2D eigenvalue weighted by Gasteiger charge is -2.19. The number of amidine groups is 1. The zero-order chi connectivity index (χ0) is 30.5. The molecule has 1 heterocycles. The number of hydrogen-bond donors (Lipinski definition) is 2. The molecule has 0 bridgehead atoms. The molecule has 0 aromatic heterocycles. The predicted octanol–water partition coefficient (Wildman–Crippen LogP) is 9.47. The molecule has 3 rings (SSSR count). The first-order valence-electron chi connectivity index (χ1n) is 13.9. The van der Waals surface area contributed by atoms with E-state index in [9.17, 15) is 0 Å². The molecule has 0 unspecified atom stereocenters. The maximum Gasteiger partial charge on any atom is 0.126 e. The number of anilines is 1.